The van der Waals surface area contributed by atoms with Gasteiger partial charge in [0.05, 0.1) is 0 Å². The molecule has 0 saturated carbocycles. The molecule has 1 rings (SSSR count). The van der Waals surface area contributed by atoms with Gasteiger partial charge in [-0.25, -0.2) is 0 Å². The van der Waals surface area contributed by atoms with Crippen LogP contribution in [-0.4, -0.2) is 8.35 Å². The number of rotatable bonds is 4. The lowest BCUT2D eigenvalue weighted by Crippen LogP contribution is -2.13. The lowest BCUT2D eigenvalue weighted by Gasteiger charge is -2.08. The molecule has 12 heavy (non-hydrogen) atoms. The Balaban J connectivity index is 2.41. The fourth-order valence-corrected chi connectivity index (χ4v) is 2.59. The van der Waals surface area contributed by atoms with Crippen LogP contribution < -0.4 is 4.43 Å². The minimum atomic E-state index is -1.12. The topological polar surface area (TPSA) is 9.23 Å². The van der Waals surface area contributed by atoms with E-state index in [-0.39, 0.29) is 0 Å². The van der Waals surface area contributed by atoms with Crippen LogP contribution in [-0.2, 0) is 0 Å². The molecule has 0 saturated heterocycles. The van der Waals surface area contributed by atoms with Crippen LogP contribution in [0.5, 0.6) is 5.75 Å². The fraction of sp³-hybridized carbons (Fsp3) is 0.333. The van der Waals surface area contributed by atoms with E-state index in [1.165, 1.54) is 0 Å². The van der Waals surface area contributed by atoms with Crippen molar-refractivity contribution in [1.82, 2.24) is 0 Å². The van der Waals surface area contributed by atoms with Crippen LogP contribution in [0, 0.1) is 0 Å². The van der Waals surface area contributed by atoms with Crippen LogP contribution in [0.4, 0.5) is 0 Å². The Morgan fingerprint density at radius 1 is 1.33 bits per heavy atom. The highest BCUT2D eigenvalue weighted by molar-refractivity contribution is 7.03. The first-order valence-electron chi connectivity index (χ1n) is 4.07. The van der Waals surface area contributed by atoms with Gasteiger partial charge in [-0.05, 0) is 18.2 Å². The summed E-state index contributed by atoms with van der Waals surface area (Å²) in [4.78, 5) is 0. The van der Waals surface area contributed by atoms with E-state index >= 15 is 0 Å². The smallest absolute Gasteiger partial charge is 0.392 e. The molecule has 0 unspecified atom stereocenters. The summed E-state index contributed by atoms with van der Waals surface area (Å²) in [6.07, 6.45) is 1.09. The molecule has 0 bridgehead atoms. The van der Waals surface area contributed by atoms with Crippen molar-refractivity contribution in [1.29, 1.82) is 0 Å². The van der Waals surface area contributed by atoms with Gasteiger partial charge in [-0.15, -0.1) is 11.1 Å². The van der Waals surface area contributed by atoms with Crippen molar-refractivity contribution in [2.24, 2.45) is 0 Å². The molecule has 0 N–H and O–H groups in total. The van der Waals surface area contributed by atoms with Crippen molar-refractivity contribution in [2.45, 2.75) is 19.4 Å². The van der Waals surface area contributed by atoms with Crippen molar-refractivity contribution in [2.75, 3.05) is 0 Å². The zero-order chi connectivity index (χ0) is 8.81. The molecule has 0 heterocycles. The van der Waals surface area contributed by atoms with Crippen LogP contribution in [0.15, 0.2) is 30.3 Å². The number of para-hydroxylation sites is 1. The second kappa shape index (κ2) is 5.22. The molecule has 65 valence electrons. The van der Waals surface area contributed by atoms with Gasteiger partial charge in [-0.3, -0.25) is 0 Å². The van der Waals surface area contributed by atoms with Gasteiger partial charge in [0.15, 0.2) is 0 Å². The average Bonchev–Trinajstić information content (AvgIpc) is 2.06. The van der Waals surface area contributed by atoms with Crippen molar-refractivity contribution in [3.05, 3.63) is 30.3 Å². The van der Waals surface area contributed by atoms with E-state index in [1.807, 2.05) is 30.3 Å². The predicted octanol–water partition coefficient (Wildman–Crippen LogP) is 3.20. The number of hydrogen-bond acceptors (Lipinski definition) is 1. The van der Waals surface area contributed by atoms with Gasteiger partial charge < -0.3 is 4.43 Å². The summed E-state index contributed by atoms with van der Waals surface area (Å²) in [7, 11) is -1.12. The molecule has 0 aliphatic heterocycles. The second-order valence-electron chi connectivity index (χ2n) is 2.52. The number of hydrogen-bond donors (Lipinski definition) is 0. The maximum absolute atomic E-state index is 6.00. The Morgan fingerprint density at radius 3 is 2.58 bits per heavy atom. The highest BCUT2D eigenvalue weighted by Crippen LogP contribution is 2.13. The first-order valence-corrected chi connectivity index (χ1v) is 6.70. The zero-order valence-electron chi connectivity index (χ0n) is 7.09. The molecule has 1 aromatic rings. The molecule has 0 aliphatic rings. The normalized spacial score (nSPS) is 10.2. The molecule has 0 aromatic heterocycles. The van der Waals surface area contributed by atoms with E-state index in [1.54, 1.807) is 0 Å². The first-order chi connectivity index (χ1) is 5.83. The highest BCUT2D eigenvalue weighted by atomic mass is 35.6. The average molecular weight is 200 g/mol. The lowest BCUT2D eigenvalue weighted by molar-refractivity contribution is 0.582. The zero-order valence-corrected chi connectivity index (χ0v) is 8.84. The van der Waals surface area contributed by atoms with Gasteiger partial charge in [0, 0.05) is 0 Å². The van der Waals surface area contributed by atoms with E-state index in [9.17, 15) is 0 Å². The van der Waals surface area contributed by atoms with E-state index < -0.39 is 8.35 Å². The maximum Gasteiger partial charge on any atom is 0.392 e. The van der Waals surface area contributed by atoms with Gasteiger partial charge in [0.2, 0.25) is 0 Å². The Bertz CT molecular complexity index is 215. The second-order valence-corrected chi connectivity index (χ2v) is 5.20. The van der Waals surface area contributed by atoms with Crippen LogP contribution in [0.2, 0.25) is 6.04 Å². The third-order valence-corrected chi connectivity index (χ3v) is 3.57. The monoisotopic (exact) mass is 199 g/mol. The number of halogens is 1. The molecule has 0 amide bonds. The molecule has 1 radical (unpaired) electrons. The molecule has 1 nitrogen and oxygen atoms in total. The van der Waals surface area contributed by atoms with E-state index in [4.69, 9.17) is 15.5 Å². The molecule has 0 spiro atoms. The summed E-state index contributed by atoms with van der Waals surface area (Å²) in [5, 5.41) is 0. The summed E-state index contributed by atoms with van der Waals surface area (Å²) < 4.78 is 5.52. The lowest BCUT2D eigenvalue weighted by atomic mass is 10.3. The Hall–Kier alpha value is -0.473. The van der Waals surface area contributed by atoms with E-state index in [0.29, 0.717) is 0 Å². The molecule has 0 fully saturated rings. The molecule has 0 aliphatic carbocycles. The van der Waals surface area contributed by atoms with Gasteiger partial charge >= 0.3 is 8.35 Å². The van der Waals surface area contributed by atoms with E-state index in [0.717, 1.165) is 18.2 Å². The van der Waals surface area contributed by atoms with Gasteiger partial charge in [0.25, 0.3) is 0 Å². The van der Waals surface area contributed by atoms with Gasteiger partial charge in [0.1, 0.15) is 5.75 Å². The first kappa shape index (κ1) is 9.61. The summed E-state index contributed by atoms with van der Waals surface area (Å²) >= 11 is 6.00. The molecular formula is C9H12ClOSi. The van der Waals surface area contributed by atoms with Crippen molar-refractivity contribution in [3.8, 4) is 5.75 Å². The molecule has 0 atom stereocenters. The largest absolute Gasteiger partial charge is 0.528 e. The molecule has 1 aromatic carbocycles. The van der Waals surface area contributed by atoms with Crippen LogP contribution in [0.3, 0.4) is 0 Å². The van der Waals surface area contributed by atoms with E-state index in [2.05, 4.69) is 6.92 Å². The predicted molar refractivity (Wildman–Crippen MR) is 53.8 cm³/mol. The van der Waals surface area contributed by atoms with Crippen LogP contribution >= 0.6 is 11.1 Å². The van der Waals surface area contributed by atoms with Gasteiger partial charge in [-0.1, -0.05) is 31.5 Å². The summed E-state index contributed by atoms with van der Waals surface area (Å²) in [6.45, 7) is 2.11. The summed E-state index contributed by atoms with van der Waals surface area (Å²) in [5.41, 5.74) is 0. The summed E-state index contributed by atoms with van der Waals surface area (Å²) in [5.74, 6) is 0.884. The quantitative estimate of drug-likeness (QED) is 0.535. The Kier molecular flexibility index (Phi) is 4.18. The standard InChI is InChI=1S/C9H12ClOSi/c1-2-8-12(10)11-9-6-4-3-5-7-9/h3-7H,2,8H2,1H3. The third kappa shape index (κ3) is 3.28. The van der Waals surface area contributed by atoms with Crippen molar-refractivity contribution in [3.63, 3.8) is 0 Å². The molecule has 3 heteroatoms. The SMILES string of the molecule is CCC[Si](Cl)Oc1ccccc1. The summed E-state index contributed by atoms with van der Waals surface area (Å²) in [6, 6.07) is 10.7. The number of benzene rings is 1. The Morgan fingerprint density at radius 2 is 2.00 bits per heavy atom. The maximum atomic E-state index is 6.00. The van der Waals surface area contributed by atoms with Crippen LogP contribution in [0.25, 0.3) is 0 Å². The molecular weight excluding hydrogens is 188 g/mol. The minimum absolute atomic E-state index is 0.884. The minimum Gasteiger partial charge on any atom is -0.528 e. The highest BCUT2D eigenvalue weighted by Gasteiger charge is 2.09. The third-order valence-electron chi connectivity index (χ3n) is 1.42. The van der Waals surface area contributed by atoms with Gasteiger partial charge in [-0.2, -0.15) is 0 Å². The van der Waals surface area contributed by atoms with Crippen LogP contribution in [0.1, 0.15) is 13.3 Å². The van der Waals surface area contributed by atoms with Crippen molar-refractivity contribution < 1.29 is 4.43 Å². The Labute approximate surface area is 79.7 Å². The van der Waals surface area contributed by atoms with Crippen molar-refractivity contribution >= 4 is 19.4 Å². The fourth-order valence-electron chi connectivity index (χ4n) is 0.864.